The van der Waals surface area contributed by atoms with Gasteiger partial charge in [-0.3, -0.25) is 4.90 Å². The van der Waals surface area contributed by atoms with Gasteiger partial charge in [0.15, 0.2) is 5.82 Å². The number of aliphatic hydroxyl groups excluding tert-OH is 1. The van der Waals surface area contributed by atoms with E-state index in [1.165, 1.54) is 16.8 Å². The smallest absolute Gasteiger partial charge is 0.238 e. The van der Waals surface area contributed by atoms with Gasteiger partial charge in [0.05, 0.1) is 11.4 Å². The fourth-order valence-corrected chi connectivity index (χ4v) is 4.80. The molecule has 1 aromatic heterocycles. The summed E-state index contributed by atoms with van der Waals surface area (Å²) >= 11 is 0. The Bertz CT molecular complexity index is 1230. The lowest BCUT2D eigenvalue weighted by Crippen LogP contribution is -2.29. The molecular weight excluding hydrogens is 445 g/mol. The average Bonchev–Trinajstić information content (AvgIpc) is 3.38. The van der Waals surface area contributed by atoms with Crippen molar-refractivity contribution >= 4 is 10.0 Å². The van der Waals surface area contributed by atoms with E-state index < -0.39 is 15.8 Å². The zero-order chi connectivity index (χ0) is 23.6. The molecule has 0 radical (unpaired) electrons. The number of benzene rings is 2. The number of halogens is 1. The number of aliphatic hydroxyl groups is 1. The van der Waals surface area contributed by atoms with Crippen molar-refractivity contribution in [2.24, 2.45) is 10.6 Å². The lowest BCUT2D eigenvalue weighted by molar-refractivity contribution is 0.122. The van der Waals surface area contributed by atoms with E-state index in [9.17, 15) is 17.9 Å². The van der Waals surface area contributed by atoms with Crippen LogP contribution in [0.4, 0.5) is 4.39 Å². The standard InChI is InChI=1S/C23H28FN5O3S/c1-2-23(16-30)10-11-28(15-23)14-21-26-22(12-17-6-4-3-5-7-17)29(27-21)20-9-8-18(13-19(20)24)33(25,31)32/h3-9,13,30H,2,10-12,14-16H2,1H3,(H2,25,31,32). The Labute approximate surface area is 192 Å². The van der Waals surface area contributed by atoms with Crippen molar-refractivity contribution in [1.29, 1.82) is 0 Å². The number of hydrogen-bond acceptors (Lipinski definition) is 6. The molecule has 3 aromatic rings. The molecule has 0 bridgehead atoms. The van der Waals surface area contributed by atoms with Crippen molar-refractivity contribution in [3.05, 3.63) is 71.6 Å². The number of primary sulfonamides is 1. The zero-order valence-electron chi connectivity index (χ0n) is 18.5. The molecule has 0 saturated carbocycles. The number of likely N-dealkylation sites (tertiary alicyclic amines) is 1. The predicted molar refractivity (Wildman–Crippen MR) is 122 cm³/mol. The van der Waals surface area contributed by atoms with Crippen molar-refractivity contribution in [3.63, 3.8) is 0 Å². The molecule has 1 saturated heterocycles. The third kappa shape index (κ3) is 5.14. The Morgan fingerprint density at radius 3 is 2.58 bits per heavy atom. The first-order valence-corrected chi connectivity index (χ1v) is 12.4. The van der Waals surface area contributed by atoms with E-state index in [1.807, 2.05) is 30.3 Å². The van der Waals surface area contributed by atoms with Crippen LogP contribution in [-0.4, -0.2) is 52.9 Å². The summed E-state index contributed by atoms with van der Waals surface area (Å²) in [6.07, 6.45) is 2.23. The summed E-state index contributed by atoms with van der Waals surface area (Å²) in [4.78, 5) is 6.60. The molecule has 0 amide bonds. The van der Waals surface area contributed by atoms with Gasteiger partial charge < -0.3 is 5.11 Å². The Morgan fingerprint density at radius 2 is 1.97 bits per heavy atom. The normalized spacial score (nSPS) is 19.3. The lowest BCUT2D eigenvalue weighted by Gasteiger charge is -2.25. The highest BCUT2D eigenvalue weighted by Gasteiger charge is 2.36. The van der Waals surface area contributed by atoms with Crippen molar-refractivity contribution in [2.45, 2.75) is 37.6 Å². The van der Waals surface area contributed by atoms with Crippen molar-refractivity contribution < 1.29 is 17.9 Å². The third-order valence-electron chi connectivity index (χ3n) is 6.37. The Morgan fingerprint density at radius 1 is 1.21 bits per heavy atom. The maximum atomic E-state index is 14.9. The van der Waals surface area contributed by atoms with Crippen LogP contribution in [0.3, 0.4) is 0 Å². The van der Waals surface area contributed by atoms with E-state index >= 15 is 0 Å². The van der Waals surface area contributed by atoms with Gasteiger partial charge in [-0.05, 0) is 43.1 Å². The number of sulfonamides is 1. The molecular formula is C23H28FN5O3S. The molecule has 1 aliphatic rings. The Kier molecular flexibility index (Phi) is 6.62. The summed E-state index contributed by atoms with van der Waals surface area (Å²) in [6, 6.07) is 13.2. The summed E-state index contributed by atoms with van der Waals surface area (Å²) in [7, 11) is -4.02. The number of nitrogens with zero attached hydrogens (tertiary/aromatic N) is 4. The highest BCUT2D eigenvalue weighted by Crippen LogP contribution is 2.33. The van der Waals surface area contributed by atoms with Gasteiger partial charge >= 0.3 is 0 Å². The number of rotatable bonds is 8. The minimum absolute atomic E-state index is 0.103. The maximum Gasteiger partial charge on any atom is 0.238 e. The molecule has 0 aliphatic carbocycles. The van der Waals surface area contributed by atoms with Crippen molar-refractivity contribution in [2.75, 3.05) is 19.7 Å². The highest BCUT2D eigenvalue weighted by molar-refractivity contribution is 7.89. The molecule has 4 rings (SSSR count). The van der Waals surface area contributed by atoms with Crippen LogP contribution in [0.2, 0.25) is 0 Å². The van der Waals surface area contributed by atoms with Gasteiger partial charge in [0.1, 0.15) is 17.3 Å². The van der Waals surface area contributed by atoms with E-state index in [4.69, 9.17) is 10.1 Å². The lowest BCUT2D eigenvalue weighted by atomic mass is 9.85. The number of hydrogen-bond donors (Lipinski definition) is 2. The number of nitrogens with two attached hydrogens (primary N) is 1. The van der Waals surface area contributed by atoms with E-state index in [1.54, 1.807) is 0 Å². The fraction of sp³-hybridized carbons (Fsp3) is 0.391. The van der Waals surface area contributed by atoms with Crippen LogP contribution in [0.5, 0.6) is 0 Å². The molecule has 8 nitrogen and oxygen atoms in total. The van der Waals surface area contributed by atoms with Crippen LogP contribution in [0, 0.1) is 11.2 Å². The minimum atomic E-state index is -4.02. The third-order valence-corrected chi connectivity index (χ3v) is 7.28. The molecule has 3 N–H and O–H groups in total. The first-order chi connectivity index (χ1) is 15.7. The van der Waals surface area contributed by atoms with Gasteiger partial charge in [0, 0.05) is 25.0 Å². The second-order valence-corrected chi connectivity index (χ2v) is 10.2. The Balaban J connectivity index is 1.68. The molecule has 1 atom stereocenters. The molecule has 2 heterocycles. The van der Waals surface area contributed by atoms with Gasteiger partial charge in [-0.15, -0.1) is 5.10 Å². The van der Waals surface area contributed by atoms with E-state index in [0.717, 1.165) is 37.6 Å². The van der Waals surface area contributed by atoms with Gasteiger partial charge in [-0.25, -0.2) is 27.6 Å². The first kappa shape index (κ1) is 23.5. The van der Waals surface area contributed by atoms with E-state index in [-0.39, 0.29) is 22.6 Å². The molecule has 1 unspecified atom stereocenters. The molecule has 10 heteroatoms. The SMILES string of the molecule is CCC1(CO)CCN(Cc2nc(Cc3ccccc3)n(-c3ccc(S(N)(=O)=O)cc3F)n2)C1. The summed E-state index contributed by atoms with van der Waals surface area (Å²) in [5.41, 5.74) is 0.989. The van der Waals surface area contributed by atoms with Crippen LogP contribution in [0.15, 0.2) is 53.4 Å². The van der Waals surface area contributed by atoms with Crippen LogP contribution >= 0.6 is 0 Å². The molecule has 1 fully saturated rings. The van der Waals surface area contributed by atoms with Crippen molar-refractivity contribution in [1.82, 2.24) is 19.7 Å². The second kappa shape index (κ2) is 9.30. The van der Waals surface area contributed by atoms with E-state index in [2.05, 4.69) is 16.9 Å². The summed E-state index contributed by atoms with van der Waals surface area (Å²) in [5.74, 6) is 0.334. The highest BCUT2D eigenvalue weighted by atomic mass is 32.2. The topological polar surface area (TPSA) is 114 Å². The van der Waals surface area contributed by atoms with E-state index in [0.29, 0.717) is 24.6 Å². The first-order valence-electron chi connectivity index (χ1n) is 10.9. The van der Waals surface area contributed by atoms with Gasteiger partial charge in [-0.1, -0.05) is 37.3 Å². The fourth-order valence-electron chi connectivity index (χ4n) is 4.27. The molecule has 0 spiro atoms. The van der Waals surface area contributed by atoms with Crippen LogP contribution in [0.1, 0.15) is 37.0 Å². The summed E-state index contributed by atoms with van der Waals surface area (Å²) < 4.78 is 39.6. The second-order valence-electron chi connectivity index (χ2n) is 8.65. The molecule has 2 aromatic carbocycles. The van der Waals surface area contributed by atoms with Gasteiger partial charge in [-0.2, -0.15) is 0 Å². The zero-order valence-corrected chi connectivity index (χ0v) is 19.3. The van der Waals surface area contributed by atoms with Gasteiger partial charge in [0.25, 0.3) is 0 Å². The quantitative estimate of drug-likeness (QED) is 0.519. The van der Waals surface area contributed by atoms with Crippen LogP contribution in [0.25, 0.3) is 5.69 Å². The van der Waals surface area contributed by atoms with Crippen LogP contribution in [-0.2, 0) is 23.0 Å². The van der Waals surface area contributed by atoms with Crippen molar-refractivity contribution in [3.8, 4) is 5.69 Å². The van der Waals surface area contributed by atoms with Gasteiger partial charge in [0.2, 0.25) is 10.0 Å². The average molecular weight is 474 g/mol. The monoisotopic (exact) mass is 473 g/mol. The number of aromatic nitrogens is 3. The maximum absolute atomic E-state index is 14.9. The summed E-state index contributed by atoms with van der Waals surface area (Å²) in [5, 5.41) is 19.5. The minimum Gasteiger partial charge on any atom is -0.396 e. The summed E-state index contributed by atoms with van der Waals surface area (Å²) in [6.45, 7) is 4.28. The van der Waals surface area contributed by atoms with Crippen LogP contribution < -0.4 is 5.14 Å². The molecule has 176 valence electrons. The molecule has 1 aliphatic heterocycles. The largest absolute Gasteiger partial charge is 0.396 e. The Hall–Kier alpha value is -2.66. The predicted octanol–water partition coefficient (Wildman–Crippen LogP) is 2.24. The molecule has 33 heavy (non-hydrogen) atoms.